The highest BCUT2D eigenvalue weighted by atomic mass is 32.2. The maximum absolute atomic E-state index is 14.4. The molecule has 1 saturated heterocycles. The number of sulfonamides is 1. The van der Waals surface area contributed by atoms with Crippen molar-refractivity contribution in [1.29, 1.82) is 0 Å². The lowest BCUT2D eigenvalue weighted by molar-refractivity contribution is -0.126. The van der Waals surface area contributed by atoms with Crippen LogP contribution in [0.4, 0.5) is 5.69 Å². The van der Waals surface area contributed by atoms with Gasteiger partial charge >= 0.3 is 0 Å². The van der Waals surface area contributed by atoms with Gasteiger partial charge in [-0.25, -0.2) is 8.42 Å². The van der Waals surface area contributed by atoms with Crippen molar-refractivity contribution in [3.63, 3.8) is 0 Å². The fraction of sp³-hybridized carbons (Fsp3) is 0.370. The molecule has 4 bridgehead atoms. The molecule has 38 heavy (non-hydrogen) atoms. The Hall–Kier alpha value is -3.70. The highest BCUT2D eigenvalue weighted by Gasteiger charge is 2.63. The van der Waals surface area contributed by atoms with E-state index in [1.54, 1.807) is 19.9 Å². The molecule has 0 aliphatic carbocycles. The lowest BCUT2D eigenvalue weighted by Crippen LogP contribution is -2.48. The molecule has 1 spiro atoms. The van der Waals surface area contributed by atoms with E-state index in [9.17, 15) is 18.0 Å². The molecule has 6 rings (SSSR count). The second-order valence-electron chi connectivity index (χ2n) is 9.93. The van der Waals surface area contributed by atoms with E-state index in [1.165, 1.54) is 9.21 Å². The monoisotopic (exact) mass is 536 g/mol. The number of aryl methyl sites for hydroxylation is 2. The van der Waals surface area contributed by atoms with Crippen molar-refractivity contribution in [3.8, 4) is 5.75 Å². The molecule has 1 N–H and O–H groups in total. The molecule has 3 aromatic rings. The maximum atomic E-state index is 14.4. The SMILES string of the molecule is Cc1noc(C)c1S(=O)(=O)N1CC[C@]23C(=O)N(CC(=O)NCCCOc4cccc(c4)[C@H]12)c1ccccc13. The number of benzene rings is 2. The minimum Gasteiger partial charge on any atom is -0.494 e. The molecule has 1 aromatic heterocycles. The number of rotatable bonds is 2. The maximum Gasteiger partial charge on any atom is 0.249 e. The first-order valence-corrected chi connectivity index (χ1v) is 14.0. The average Bonchev–Trinajstić information content (AvgIpc) is 3.54. The van der Waals surface area contributed by atoms with E-state index in [1.807, 2.05) is 42.5 Å². The number of para-hydroxylation sites is 1. The third kappa shape index (κ3) is 3.56. The van der Waals surface area contributed by atoms with Crippen molar-refractivity contribution in [2.24, 2.45) is 0 Å². The summed E-state index contributed by atoms with van der Waals surface area (Å²) < 4.78 is 41.0. The minimum absolute atomic E-state index is 0.0105. The Morgan fingerprint density at radius 1 is 1.11 bits per heavy atom. The largest absolute Gasteiger partial charge is 0.494 e. The van der Waals surface area contributed by atoms with Crippen LogP contribution in [0, 0.1) is 13.8 Å². The number of amides is 2. The molecule has 3 aliphatic rings. The van der Waals surface area contributed by atoms with Crippen molar-refractivity contribution in [2.45, 2.75) is 43.0 Å². The van der Waals surface area contributed by atoms with Gasteiger partial charge in [0, 0.05) is 18.8 Å². The summed E-state index contributed by atoms with van der Waals surface area (Å²) in [6.07, 6.45) is 0.833. The average molecular weight is 537 g/mol. The van der Waals surface area contributed by atoms with E-state index >= 15 is 0 Å². The highest BCUT2D eigenvalue weighted by Crippen LogP contribution is 2.58. The second-order valence-corrected chi connectivity index (χ2v) is 11.8. The molecule has 0 unspecified atom stereocenters. The number of anilines is 1. The van der Waals surface area contributed by atoms with Crippen LogP contribution in [0.3, 0.4) is 0 Å². The van der Waals surface area contributed by atoms with E-state index in [-0.39, 0.29) is 47.7 Å². The summed E-state index contributed by atoms with van der Waals surface area (Å²) in [7, 11) is -4.12. The topological polar surface area (TPSA) is 122 Å². The third-order valence-corrected chi connectivity index (χ3v) is 9.82. The van der Waals surface area contributed by atoms with Crippen LogP contribution >= 0.6 is 0 Å². The van der Waals surface area contributed by atoms with Crippen LogP contribution in [0.1, 0.15) is 41.5 Å². The quantitative estimate of drug-likeness (QED) is 0.534. The van der Waals surface area contributed by atoms with Crippen LogP contribution in [0.2, 0.25) is 0 Å². The summed E-state index contributed by atoms with van der Waals surface area (Å²) in [6, 6.07) is 13.7. The van der Waals surface area contributed by atoms with Crippen molar-refractivity contribution >= 4 is 27.5 Å². The summed E-state index contributed by atoms with van der Waals surface area (Å²) in [5.41, 5.74) is 1.00. The summed E-state index contributed by atoms with van der Waals surface area (Å²) in [5, 5.41) is 6.73. The Bertz CT molecular complexity index is 1530. The molecule has 11 heteroatoms. The summed E-state index contributed by atoms with van der Waals surface area (Å²) in [4.78, 5) is 28.8. The van der Waals surface area contributed by atoms with Gasteiger partial charge in [0.05, 0.1) is 18.1 Å². The molecule has 0 saturated carbocycles. The van der Waals surface area contributed by atoms with Crippen LogP contribution in [0.15, 0.2) is 57.9 Å². The number of hydrogen-bond donors (Lipinski definition) is 1. The van der Waals surface area contributed by atoms with E-state index < -0.39 is 21.5 Å². The molecule has 0 radical (unpaired) electrons. The molecule has 198 valence electrons. The minimum atomic E-state index is -4.12. The second kappa shape index (κ2) is 8.95. The molecule has 3 aliphatic heterocycles. The third-order valence-electron chi connectivity index (χ3n) is 7.71. The van der Waals surface area contributed by atoms with Crippen LogP contribution < -0.4 is 15.0 Å². The molecule has 2 amide bonds. The Kier molecular flexibility index (Phi) is 5.80. The molecule has 1 fully saturated rings. The normalized spacial score (nSPS) is 23.8. The molecule has 2 atom stereocenters. The van der Waals surface area contributed by atoms with E-state index in [2.05, 4.69) is 10.5 Å². The number of nitrogens with zero attached hydrogens (tertiary/aromatic N) is 3. The number of nitrogens with one attached hydrogen (secondary N) is 1. The Morgan fingerprint density at radius 3 is 2.71 bits per heavy atom. The van der Waals surface area contributed by atoms with Crippen LogP contribution in [0.25, 0.3) is 0 Å². The lowest BCUT2D eigenvalue weighted by Gasteiger charge is -2.34. The van der Waals surface area contributed by atoms with Gasteiger partial charge in [-0.2, -0.15) is 4.31 Å². The molecular formula is C27H28N4O6S. The predicted octanol–water partition coefficient (Wildman–Crippen LogP) is 2.61. The fourth-order valence-electron chi connectivity index (χ4n) is 6.15. The Labute approximate surface area is 220 Å². The van der Waals surface area contributed by atoms with Crippen molar-refractivity contribution < 1.29 is 27.3 Å². The summed E-state index contributed by atoms with van der Waals surface area (Å²) >= 11 is 0. The summed E-state index contributed by atoms with van der Waals surface area (Å²) in [5.74, 6) is 0.185. The number of aromatic nitrogens is 1. The van der Waals surface area contributed by atoms with Gasteiger partial charge in [0.15, 0.2) is 5.76 Å². The van der Waals surface area contributed by atoms with E-state index in [4.69, 9.17) is 9.26 Å². The van der Waals surface area contributed by atoms with E-state index in [0.29, 0.717) is 42.1 Å². The molecule has 4 heterocycles. The summed E-state index contributed by atoms with van der Waals surface area (Å²) in [6.45, 7) is 3.90. The first kappa shape index (κ1) is 24.6. The predicted molar refractivity (Wildman–Crippen MR) is 137 cm³/mol. The fourth-order valence-corrected chi connectivity index (χ4v) is 8.10. The molecular weight excluding hydrogens is 508 g/mol. The first-order valence-electron chi connectivity index (χ1n) is 12.6. The standard InChI is InChI=1S/C27H28N4O6S/c1-17-24(18(2)37-29-17)38(34,35)31-13-11-27-21-9-3-4-10-22(21)30(26(27)33)16-23(32)28-12-6-14-36-20-8-5-7-19(15-20)25(27)31/h3-5,7-10,15,25H,6,11-14,16H2,1-2H3,(H,28,32)/t25-,27+/m0/s1. The molecule has 10 nitrogen and oxygen atoms in total. The van der Waals surface area contributed by atoms with Gasteiger partial charge in [0.25, 0.3) is 0 Å². The number of ether oxygens (including phenoxy) is 1. The van der Waals surface area contributed by atoms with E-state index in [0.717, 1.165) is 0 Å². The van der Waals surface area contributed by atoms with Gasteiger partial charge in [-0.1, -0.05) is 35.5 Å². The van der Waals surface area contributed by atoms with Gasteiger partial charge in [-0.15, -0.1) is 0 Å². The molecule has 2 aromatic carbocycles. The first-order chi connectivity index (χ1) is 18.2. The smallest absolute Gasteiger partial charge is 0.249 e. The van der Waals surface area contributed by atoms with Gasteiger partial charge in [-0.05, 0) is 56.0 Å². The zero-order chi connectivity index (χ0) is 26.7. The van der Waals surface area contributed by atoms with Crippen LogP contribution in [-0.4, -0.2) is 55.9 Å². The van der Waals surface area contributed by atoms with Gasteiger partial charge in [0.2, 0.25) is 21.8 Å². The number of carbonyl (C=O) groups excluding carboxylic acids is 2. The number of fused-ring (bicyclic) bond motifs is 6. The Balaban J connectivity index is 1.60. The number of hydrogen-bond acceptors (Lipinski definition) is 7. The van der Waals surface area contributed by atoms with Gasteiger partial charge in [0.1, 0.15) is 22.9 Å². The van der Waals surface area contributed by atoms with Crippen molar-refractivity contribution in [3.05, 3.63) is 71.1 Å². The van der Waals surface area contributed by atoms with Gasteiger partial charge in [-0.3, -0.25) is 9.59 Å². The van der Waals surface area contributed by atoms with Crippen molar-refractivity contribution in [2.75, 3.05) is 31.1 Å². The number of carbonyl (C=O) groups is 2. The Morgan fingerprint density at radius 2 is 1.92 bits per heavy atom. The van der Waals surface area contributed by atoms with Gasteiger partial charge < -0.3 is 19.5 Å². The van der Waals surface area contributed by atoms with Crippen molar-refractivity contribution in [1.82, 2.24) is 14.8 Å². The van der Waals surface area contributed by atoms with Crippen LogP contribution in [-0.2, 0) is 25.0 Å². The lowest BCUT2D eigenvalue weighted by atomic mass is 9.73. The highest BCUT2D eigenvalue weighted by molar-refractivity contribution is 7.89. The van der Waals surface area contributed by atoms with Crippen LogP contribution in [0.5, 0.6) is 5.75 Å². The zero-order valence-electron chi connectivity index (χ0n) is 21.1. The zero-order valence-corrected chi connectivity index (χ0v) is 22.0.